The van der Waals surface area contributed by atoms with Gasteiger partial charge in [-0.05, 0) is 59.8 Å². The second kappa shape index (κ2) is 13.0. The molecule has 0 spiro atoms. The first-order valence-corrected chi connectivity index (χ1v) is 17.4. The highest BCUT2D eigenvalue weighted by atomic mass is 31.1. The summed E-state index contributed by atoms with van der Waals surface area (Å²) in [5, 5.41) is 7.80. The van der Waals surface area contributed by atoms with Crippen LogP contribution in [-0.4, -0.2) is 13.2 Å². The molecule has 0 atom stereocenters. The molecule has 0 saturated heterocycles. The van der Waals surface area contributed by atoms with E-state index in [-0.39, 0.29) is 0 Å². The molecule has 0 bridgehead atoms. The van der Waals surface area contributed by atoms with Crippen molar-refractivity contribution in [3.8, 4) is 22.6 Å². The van der Waals surface area contributed by atoms with Gasteiger partial charge in [0.15, 0.2) is 0 Å². The lowest BCUT2D eigenvalue weighted by Gasteiger charge is -2.28. The second-order valence-electron chi connectivity index (χ2n) is 10.4. The van der Waals surface area contributed by atoms with E-state index in [0.29, 0.717) is 13.2 Å². The Morgan fingerprint density at radius 2 is 0.674 bits per heavy atom. The summed E-state index contributed by atoms with van der Waals surface area (Å²) in [5.74, 6) is 1.85. The fourth-order valence-electron chi connectivity index (χ4n) is 5.74. The number of hydrogen-bond donors (Lipinski definition) is 0. The van der Waals surface area contributed by atoms with Crippen molar-refractivity contribution in [3.05, 3.63) is 158 Å². The normalized spacial score (nSPS) is 12.7. The van der Waals surface area contributed by atoms with E-state index in [9.17, 15) is 0 Å². The molecule has 1 heterocycles. The van der Waals surface area contributed by atoms with Crippen molar-refractivity contribution in [2.75, 3.05) is 13.2 Å². The summed E-state index contributed by atoms with van der Waals surface area (Å²) < 4.78 is 13.2. The fourth-order valence-corrected chi connectivity index (χ4v) is 10.7. The maximum Gasteiger partial charge on any atom is 0.127 e. The lowest BCUT2D eigenvalue weighted by Crippen LogP contribution is -2.26. The number of ether oxygens (including phenoxy) is 2. The molecule has 4 heteroatoms. The molecular formula is C39H32O2P2. The standard InChI is InChI=1S/C39H32O2P2/c1-5-16-30(17-6-1)42(31-18-7-2-8-19-31)36-26-13-24-34-38(36)39-35(41-29-15-28-40-34)25-14-27-37(39)43(32-20-9-3-10-21-32)33-22-11-4-12-23-33/h1-14,16-27H,15,28-29H2. The molecule has 1 aliphatic heterocycles. The van der Waals surface area contributed by atoms with Gasteiger partial charge in [0, 0.05) is 17.5 Å². The van der Waals surface area contributed by atoms with E-state index >= 15 is 0 Å². The molecule has 0 fully saturated rings. The van der Waals surface area contributed by atoms with Crippen LogP contribution >= 0.6 is 15.8 Å². The summed E-state index contributed by atoms with van der Waals surface area (Å²) in [5.41, 5.74) is 2.29. The smallest absolute Gasteiger partial charge is 0.127 e. The van der Waals surface area contributed by atoms with E-state index in [1.807, 2.05) is 0 Å². The number of hydrogen-bond acceptors (Lipinski definition) is 2. The van der Waals surface area contributed by atoms with Crippen LogP contribution in [0.3, 0.4) is 0 Å². The SMILES string of the molecule is c1ccc(P(c2ccccc2)c2cccc3c2-c2c(cccc2P(c2ccccc2)c2ccccc2)OCCCO3)cc1. The minimum Gasteiger partial charge on any atom is -0.493 e. The van der Waals surface area contributed by atoms with Crippen LogP contribution in [0.2, 0.25) is 0 Å². The Labute approximate surface area is 256 Å². The zero-order chi connectivity index (χ0) is 28.8. The van der Waals surface area contributed by atoms with Crippen molar-refractivity contribution in [2.24, 2.45) is 0 Å². The lowest BCUT2D eigenvalue weighted by atomic mass is 10.0. The first kappa shape index (κ1) is 27.6. The van der Waals surface area contributed by atoms with Crippen molar-refractivity contribution < 1.29 is 9.47 Å². The zero-order valence-corrected chi connectivity index (χ0v) is 25.6. The molecule has 0 saturated carbocycles. The Morgan fingerprint density at radius 3 is 1.00 bits per heavy atom. The molecule has 7 rings (SSSR count). The van der Waals surface area contributed by atoms with E-state index in [0.717, 1.165) is 29.0 Å². The molecule has 0 aliphatic carbocycles. The van der Waals surface area contributed by atoms with Gasteiger partial charge in [-0.15, -0.1) is 0 Å². The van der Waals surface area contributed by atoms with Gasteiger partial charge in [0.25, 0.3) is 0 Å². The minimum absolute atomic E-state index is 0.612. The van der Waals surface area contributed by atoms with Gasteiger partial charge in [-0.1, -0.05) is 146 Å². The van der Waals surface area contributed by atoms with Crippen molar-refractivity contribution in [3.63, 3.8) is 0 Å². The molecule has 0 radical (unpaired) electrons. The Hall–Kier alpha value is -4.22. The van der Waals surface area contributed by atoms with Gasteiger partial charge < -0.3 is 9.47 Å². The monoisotopic (exact) mass is 594 g/mol. The quantitative estimate of drug-likeness (QED) is 0.193. The molecule has 6 aromatic carbocycles. The Kier molecular flexibility index (Phi) is 8.32. The third kappa shape index (κ3) is 5.74. The van der Waals surface area contributed by atoms with Gasteiger partial charge in [0.05, 0.1) is 13.2 Å². The number of fused-ring (bicyclic) bond motifs is 3. The first-order chi connectivity index (χ1) is 21.4. The molecule has 210 valence electrons. The molecule has 1 aliphatic rings. The van der Waals surface area contributed by atoms with Crippen molar-refractivity contribution >= 4 is 47.7 Å². The Balaban J connectivity index is 1.55. The van der Waals surface area contributed by atoms with E-state index in [2.05, 4.69) is 158 Å². The van der Waals surface area contributed by atoms with Gasteiger partial charge in [0.2, 0.25) is 0 Å². The topological polar surface area (TPSA) is 18.5 Å². The Bertz CT molecular complexity index is 1580. The largest absolute Gasteiger partial charge is 0.493 e. The van der Waals surface area contributed by atoms with Gasteiger partial charge in [-0.2, -0.15) is 0 Å². The van der Waals surface area contributed by atoms with E-state index in [1.54, 1.807) is 0 Å². The lowest BCUT2D eigenvalue weighted by molar-refractivity contribution is 0.252. The highest BCUT2D eigenvalue weighted by Gasteiger charge is 2.30. The zero-order valence-electron chi connectivity index (χ0n) is 23.8. The van der Waals surface area contributed by atoms with E-state index in [1.165, 1.54) is 31.8 Å². The highest BCUT2D eigenvalue weighted by molar-refractivity contribution is 7.80. The first-order valence-electron chi connectivity index (χ1n) is 14.7. The molecule has 2 nitrogen and oxygen atoms in total. The number of rotatable bonds is 6. The minimum atomic E-state index is -0.883. The van der Waals surface area contributed by atoms with E-state index < -0.39 is 15.8 Å². The molecule has 0 unspecified atom stereocenters. The predicted molar refractivity (Wildman–Crippen MR) is 185 cm³/mol. The van der Waals surface area contributed by atoms with Gasteiger partial charge in [-0.25, -0.2) is 0 Å². The molecule has 0 aromatic heterocycles. The summed E-state index contributed by atoms with van der Waals surface area (Å²) in [6, 6.07) is 56.9. The van der Waals surface area contributed by atoms with Crippen LogP contribution in [0.25, 0.3) is 11.1 Å². The summed E-state index contributed by atoms with van der Waals surface area (Å²) in [6.45, 7) is 1.22. The predicted octanol–water partition coefficient (Wildman–Crippen LogP) is 7.03. The van der Waals surface area contributed by atoms with Crippen molar-refractivity contribution in [1.82, 2.24) is 0 Å². The third-order valence-electron chi connectivity index (χ3n) is 7.60. The fraction of sp³-hybridized carbons (Fsp3) is 0.0769. The Morgan fingerprint density at radius 1 is 0.349 bits per heavy atom. The second-order valence-corrected chi connectivity index (χ2v) is 14.7. The average molecular weight is 595 g/mol. The van der Waals surface area contributed by atoms with Gasteiger partial charge in [0.1, 0.15) is 11.5 Å². The molecule has 43 heavy (non-hydrogen) atoms. The molecular weight excluding hydrogens is 562 g/mol. The maximum atomic E-state index is 6.61. The highest BCUT2D eigenvalue weighted by Crippen LogP contribution is 2.47. The van der Waals surface area contributed by atoms with Crippen LogP contribution in [0.15, 0.2) is 158 Å². The van der Waals surface area contributed by atoms with Gasteiger partial charge in [-0.3, -0.25) is 0 Å². The van der Waals surface area contributed by atoms with E-state index in [4.69, 9.17) is 9.47 Å². The molecule has 0 amide bonds. The van der Waals surface area contributed by atoms with Crippen LogP contribution in [0, 0.1) is 0 Å². The summed E-state index contributed by atoms with van der Waals surface area (Å²) >= 11 is 0. The van der Waals surface area contributed by atoms with Crippen LogP contribution < -0.4 is 41.3 Å². The van der Waals surface area contributed by atoms with Crippen molar-refractivity contribution in [1.29, 1.82) is 0 Å². The third-order valence-corrected chi connectivity index (χ3v) is 12.6. The van der Waals surface area contributed by atoms with Gasteiger partial charge >= 0.3 is 0 Å². The van der Waals surface area contributed by atoms with Crippen LogP contribution in [0.5, 0.6) is 11.5 Å². The molecule has 0 N–H and O–H groups in total. The molecule has 6 aromatic rings. The summed E-state index contributed by atoms with van der Waals surface area (Å²) in [6.07, 6.45) is 0.825. The average Bonchev–Trinajstić information content (AvgIpc) is 3.17. The van der Waals surface area contributed by atoms with Crippen LogP contribution in [-0.2, 0) is 0 Å². The summed E-state index contributed by atoms with van der Waals surface area (Å²) in [7, 11) is -1.77. The summed E-state index contributed by atoms with van der Waals surface area (Å²) in [4.78, 5) is 0. The van der Waals surface area contributed by atoms with Crippen molar-refractivity contribution in [2.45, 2.75) is 6.42 Å². The van der Waals surface area contributed by atoms with Crippen LogP contribution in [0.4, 0.5) is 0 Å². The number of benzene rings is 6. The maximum absolute atomic E-state index is 6.61. The van der Waals surface area contributed by atoms with Crippen LogP contribution in [0.1, 0.15) is 6.42 Å².